The normalized spacial score (nSPS) is 17.9. The Bertz CT molecular complexity index is 818. The van der Waals surface area contributed by atoms with Crippen molar-refractivity contribution in [2.45, 2.75) is 32.1 Å². The predicted octanol–water partition coefficient (Wildman–Crippen LogP) is 1.99. The van der Waals surface area contributed by atoms with Crippen molar-refractivity contribution in [2.75, 3.05) is 6.61 Å². The van der Waals surface area contributed by atoms with Crippen molar-refractivity contribution >= 4 is 0 Å². The van der Waals surface area contributed by atoms with Crippen LogP contribution in [0.15, 0.2) is 43.0 Å². The summed E-state index contributed by atoms with van der Waals surface area (Å²) in [5.41, 5.74) is 2.26. The summed E-state index contributed by atoms with van der Waals surface area (Å²) in [5.74, 6) is -0.391. The third-order valence-electron chi connectivity index (χ3n) is 4.44. The standard InChI is InChI=1S/C17H19FN6O/c18-16-2-1-5-19-17(16)25-12-15-4-7-24-14(3-6-22-24)11-23(15)10-13-8-20-21-9-13/h1-3,5-6,8-9,15H,4,7,10-12H2,(H,20,21). The zero-order valence-corrected chi connectivity index (χ0v) is 13.7. The van der Waals surface area contributed by atoms with Gasteiger partial charge in [-0.2, -0.15) is 10.2 Å². The van der Waals surface area contributed by atoms with Gasteiger partial charge in [0.25, 0.3) is 0 Å². The van der Waals surface area contributed by atoms with Crippen LogP contribution >= 0.6 is 0 Å². The van der Waals surface area contributed by atoms with Gasteiger partial charge in [0.05, 0.1) is 11.9 Å². The summed E-state index contributed by atoms with van der Waals surface area (Å²) in [5, 5.41) is 11.2. The molecule has 25 heavy (non-hydrogen) atoms. The van der Waals surface area contributed by atoms with Gasteiger partial charge in [-0.25, -0.2) is 9.37 Å². The number of fused-ring (bicyclic) bond motifs is 1. The van der Waals surface area contributed by atoms with E-state index >= 15 is 0 Å². The Morgan fingerprint density at radius 3 is 3.12 bits per heavy atom. The Balaban J connectivity index is 1.51. The SMILES string of the molecule is Fc1cccnc1OCC1CCn2nccc2CN1Cc1cn[nH]c1. The van der Waals surface area contributed by atoms with E-state index < -0.39 is 5.82 Å². The molecule has 0 aromatic carbocycles. The predicted molar refractivity (Wildman–Crippen MR) is 88.2 cm³/mol. The van der Waals surface area contributed by atoms with Crippen molar-refractivity contribution in [1.29, 1.82) is 0 Å². The van der Waals surface area contributed by atoms with Crippen molar-refractivity contribution in [1.82, 2.24) is 29.9 Å². The number of hydrogen-bond acceptors (Lipinski definition) is 5. The van der Waals surface area contributed by atoms with Gasteiger partial charge in [-0.3, -0.25) is 14.7 Å². The third-order valence-corrected chi connectivity index (χ3v) is 4.44. The summed E-state index contributed by atoms with van der Waals surface area (Å²) in [6.07, 6.45) is 7.92. The first-order valence-corrected chi connectivity index (χ1v) is 8.25. The van der Waals surface area contributed by atoms with Crippen LogP contribution < -0.4 is 4.74 Å². The van der Waals surface area contributed by atoms with Crippen molar-refractivity contribution in [2.24, 2.45) is 0 Å². The molecule has 4 heterocycles. The Morgan fingerprint density at radius 1 is 1.32 bits per heavy atom. The minimum absolute atomic E-state index is 0.0488. The Labute approximate surface area is 144 Å². The lowest BCUT2D eigenvalue weighted by molar-refractivity contribution is 0.113. The van der Waals surface area contributed by atoms with E-state index in [0.29, 0.717) is 6.61 Å². The second kappa shape index (κ2) is 7.02. The Kier molecular flexibility index (Phi) is 4.43. The van der Waals surface area contributed by atoms with Crippen LogP contribution in [0.1, 0.15) is 17.7 Å². The molecule has 7 nitrogen and oxygen atoms in total. The topological polar surface area (TPSA) is 71.9 Å². The van der Waals surface area contributed by atoms with Gasteiger partial charge in [-0.05, 0) is 24.6 Å². The number of hydrogen-bond donors (Lipinski definition) is 1. The number of nitrogens with zero attached hydrogens (tertiary/aromatic N) is 5. The van der Waals surface area contributed by atoms with Crippen LogP contribution in [0.25, 0.3) is 0 Å². The average Bonchev–Trinajstić information content (AvgIpc) is 3.25. The number of aryl methyl sites for hydroxylation is 1. The summed E-state index contributed by atoms with van der Waals surface area (Å²) in [6, 6.07) is 5.06. The van der Waals surface area contributed by atoms with Gasteiger partial charge < -0.3 is 4.74 Å². The molecule has 3 aromatic heterocycles. The molecule has 0 spiro atoms. The van der Waals surface area contributed by atoms with Gasteiger partial charge in [-0.1, -0.05) is 0 Å². The number of H-pyrrole nitrogens is 1. The zero-order chi connectivity index (χ0) is 17.1. The van der Waals surface area contributed by atoms with Crippen molar-refractivity contribution in [3.8, 4) is 5.88 Å². The largest absolute Gasteiger partial charge is 0.474 e. The molecule has 130 valence electrons. The number of nitrogens with one attached hydrogen (secondary N) is 1. The highest BCUT2D eigenvalue weighted by atomic mass is 19.1. The van der Waals surface area contributed by atoms with Gasteiger partial charge in [0.1, 0.15) is 6.61 Å². The van der Waals surface area contributed by atoms with E-state index in [0.717, 1.165) is 37.3 Å². The van der Waals surface area contributed by atoms with Crippen LogP contribution in [0.3, 0.4) is 0 Å². The molecule has 1 atom stereocenters. The third kappa shape index (κ3) is 3.53. The molecule has 1 N–H and O–H groups in total. The number of aromatic amines is 1. The van der Waals surface area contributed by atoms with Crippen LogP contribution in [0.5, 0.6) is 5.88 Å². The molecule has 3 aromatic rings. The zero-order valence-electron chi connectivity index (χ0n) is 13.7. The van der Waals surface area contributed by atoms with Crippen LogP contribution in [0.4, 0.5) is 4.39 Å². The molecule has 0 saturated heterocycles. The highest BCUT2D eigenvalue weighted by Crippen LogP contribution is 2.21. The first-order valence-electron chi connectivity index (χ1n) is 8.25. The summed E-state index contributed by atoms with van der Waals surface area (Å²) in [6.45, 7) is 2.67. The number of pyridine rings is 1. The van der Waals surface area contributed by atoms with Gasteiger partial charge in [0, 0.05) is 49.8 Å². The molecular weight excluding hydrogens is 323 g/mol. The van der Waals surface area contributed by atoms with Crippen molar-refractivity contribution in [3.63, 3.8) is 0 Å². The number of ether oxygens (including phenoxy) is 1. The van der Waals surface area contributed by atoms with Gasteiger partial charge in [0.2, 0.25) is 5.88 Å². The summed E-state index contributed by atoms with van der Waals surface area (Å²) < 4.78 is 21.5. The first-order chi connectivity index (χ1) is 12.3. The van der Waals surface area contributed by atoms with E-state index in [1.807, 2.05) is 29.3 Å². The Morgan fingerprint density at radius 2 is 2.28 bits per heavy atom. The van der Waals surface area contributed by atoms with Crippen LogP contribution in [-0.2, 0) is 19.6 Å². The molecule has 0 fully saturated rings. The maximum Gasteiger partial charge on any atom is 0.250 e. The van der Waals surface area contributed by atoms with Gasteiger partial charge in [-0.15, -0.1) is 0 Å². The molecule has 1 aliphatic heterocycles. The fraction of sp³-hybridized carbons (Fsp3) is 0.353. The minimum Gasteiger partial charge on any atom is -0.474 e. The number of rotatable bonds is 5. The lowest BCUT2D eigenvalue weighted by Gasteiger charge is -2.28. The fourth-order valence-electron chi connectivity index (χ4n) is 3.11. The minimum atomic E-state index is -0.439. The highest BCUT2D eigenvalue weighted by Gasteiger charge is 2.25. The van der Waals surface area contributed by atoms with E-state index in [1.165, 1.54) is 12.3 Å². The summed E-state index contributed by atoms with van der Waals surface area (Å²) in [4.78, 5) is 6.28. The quantitative estimate of drug-likeness (QED) is 0.768. The maximum atomic E-state index is 13.8. The smallest absolute Gasteiger partial charge is 0.250 e. The Hall–Kier alpha value is -2.74. The lowest BCUT2D eigenvalue weighted by atomic mass is 10.1. The van der Waals surface area contributed by atoms with E-state index in [1.54, 1.807) is 6.07 Å². The van der Waals surface area contributed by atoms with Gasteiger partial charge in [0.15, 0.2) is 5.82 Å². The first kappa shape index (κ1) is 15.8. The molecular formula is C17H19FN6O. The number of halogens is 1. The number of aromatic nitrogens is 5. The van der Waals surface area contributed by atoms with Gasteiger partial charge >= 0.3 is 0 Å². The van der Waals surface area contributed by atoms with Crippen LogP contribution in [0, 0.1) is 5.82 Å². The maximum absolute atomic E-state index is 13.8. The van der Waals surface area contributed by atoms with Crippen molar-refractivity contribution in [3.05, 3.63) is 60.1 Å². The summed E-state index contributed by atoms with van der Waals surface area (Å²) >= 11 is 0. The molecule has 0 amide bonds. The second-order valence-corrected chi connectivity index (χ2v) is 6.10. The molecule has 0 saturated carbocycles. The molecule has 0 radical (unpaired) electrons. The molecule has 1 aliphatic rings. The summed E-state index contributed by atoms with van der Waals surface area (Å²) in [7, 11) is 0. The monoisotopic (exact) mass is 342 g/mol. The van der Waals surface area contributed by atoms with E-state index in [9.17, 15) is 4.39 Å². The van der Waals surface area contributed by atoms with Crippen LogP contribution in [-0.4, -0.2) is 42.5 Å². The molecule has 1 unspecified atom stereocenters. The molecule has 0 aliphatic carbocycles. The van der Waals surface area contributed by atoms with Crippen LogP contribution in [0.2, 0.25) is 0 Å². The lowest BCUT2D eigenvalue weighted by Crippen LogP contribution is -2.38. The van der Waals surface area contributed by atoms with E-state index in [2.05, 4.69) is 25.2 Å². The van der Waals surface area contributed by atoms with E-state index in [-0.39, 0.29) is 11.9 Å². The highest BCUT2D eigenvalue weighted by molar-refractivity contribution is 5.13. The fourth-order valence-corrected chi connectivity index (χ4v) is 3.11. The molecule has 0 bridgehead atoms. The second-order valence-electron chi connectivity index (χ2n) is 6.10. The average molecular weight is 342 g/mol. The molecule has 4 rings (SSSR count). The van der Waals surface area contributed by atoms with Crippen molar-refractivity contribution < 1.29 is 9.13 Å². The van der Waals surface area contributed by atoms with E-state index in [4.69, 9.17) is 4.74 Å². The molecule has 8 heteroatoms.